The monoisotopic (exact) mass is 269 g/mol. The number of hydrogen-bond acceptors (Lipinski definition) is 4. The highest BCUT2D eigenvalue weighted by Crippen LogP contribution is 2.31. The van der Waals surface area contributed by atoms with E-state index in [0.29, 0.717) is 5.92 Å². The average molecular weight is 269 g/mol. The van der Waals surface area contributed by atoms with E-state index >= 15 is 0 Å². The van der Waals surface area contributed by atoms with Crippen LogP contribution in [0.15, 0.2) is 0 Å². The maximum absolute atomic E-state index is 11.3. The Morgan fingerprint density at radius 2 is 2.11 bits per heavy atom. The van der Waals surface area contributed by atoms with Crippen LogP contribution in [0, 0.1) is 0 Å². The standard InChI is InChI=1S/C12H19N3O2S/c1-8(2)12-10-3-4-13-5-11(10)15(14-12)9-6-18(16,17)7-9/h8-9,13H,3-7H2,1-2H3. The number of nitrogens with one attached hydrogen (secondary N) is 1. The highest BCUT2D eigenvalue weighted by atomic mass is 32.2. The summed E-state index contributed by atoms with van der Waals surface area (Å²) >= 11 is 0. The maximum Gasteiger partial charge on any atom is 0.154 e. The van der Waals surface area contributed by atoms with E-state index in [2.05, 4.69) is 19.2 Å². The molecule has 0 radical (unpaired) electrons. The molecule has 1 saturated heterocycles. The van der Waals surface area contributed by atoms with Gasteiger partial charge < -0.3 is 5.32 Å². The molecule has 0 aromatic carbocycles. The molecule has 1 fully saturated rings. The van der Waals surface area contributed by atoms with Crippen molar-refractivity contribution in [2.45, 2.75) is 38.8 Å². The number of nitrogens with zero attached hydrogens (tertiary/aromatic N) is 2. The summed E-state index contributed by atoms with van der Waals surface area (Å²) in [6, 6.07) is 0.0520. The van der Waals surface area contributed by atoms with Crippen molar-refractivity contribution in [1.29, 1.82) is 0 Å². The molecule has 18 heavy (non-hydrogen) atoms. The molecule has 1 N–H and O–H groups in total. The summed E-state index contributed by atoms with van der Waals surface area (Å²) in [6.07, 6.45) is 1.00. The van der Waals surface area contributed by atoms with E-state index in [1.54, 1.807) is 0 Å². The SMILES string of the molecule is CC(C)c1nn(C2CS(=O)(=O)C2)c2c1CCNC2. The molecule has 5 nitrogen and oxygen atoms in total. The molecule has 2 aliphatic heterocycles. The normalized spacial score (nSPS) is 22.8. The second-order valence-corrected chi connectivity index (χ2v) is 7.72. The van der Waals surface area contributed by atoms with Crippen molar-refractivity contribution in [3.8, 4) is 0 Å². The molecule has 2 aliphatic rings. The first-order valence-electron chi connectivity index (χ1n) is 6.49. The molecule has 3 heterocycles. The molecular formula is C12H19N3O2S. The summed E-state index contributed by atoms with van der Waals surface area (Å²) in [5, 5.41) is 8.04. The van der Waals surface area contributed by atoms with E-state index in [1.807, 2.05) is 4.68 Å². The Balaban J connectivity index is 2.00. The molecule has 0 spiro atoms. The molecule has 3 rings (SSSR count). The Labute approximate surface area is 107 Å². The Morgan fingerprint density at radius 3 is 2.72 bits per heavy atom. The molecule has 0 amide bonds. The lowest BCUT2D eigenvalue weighted by Crippen LogP contribution is -2.40. The summed E-state index contributed by atoms with van der Waals surface area (Å²) in [4.78, 5) is 0. The molecule has 0 aliphatic carbocycles. The van der Waals surface area contributed by atoms with Crippen molar-refractivity contribution in [1.82, 2.24) is 15.1 Å². The predicted octanol–water partition coefficient (Wildman–Crippen LogP) is 0.622. The number of sulfone groups is 1. The fraction of sp³-hybridized carbons (Fsp3) is 0.750. The minimum Gasteiger partial charge on any atom is -0.311 e. The third-order valence-corrected chi connectivity index (χ3v) is 5.56. The van der Waals surface area contributed by atoms with Crippen molar-refractivity contribution in [2.24, 2.45) is 0 Å². The van der Waals surface area contributed by atoms with E-state index in [9.17, 15) is 8.42 Å². The van der Waals surface area contributed by atoms with Crippen LogP contribution in [0.1, 0.15) is 42.8 Å². The van der Waals surface area contributed by atoms with E-state index in [1.165, 1.54) is 11.3 Å². The van der Waals surface area contributed by atoms with Crippen LogP contribution in [0.3, 0.4) is 0 Å². The molecular weight excluding hydrogens is 250 g/mol. The van der Waals surface area contributed by atoms with E-state index in [4.69, 9.17) is 5.10 Å². The van der Waals surface area contributed by atoms with Gasteiger partial charge >= 0.3 is 0 Å². The van der Waals surface area contributed by atoms with Crippen LogP contribution in [0.5, 0.6) is 0 Å². The van der Waals surface area contributed by atoms with Gasteiger partial charge in [-0.3, -0.25) is 4.68 Å². The van der Waals surface area contributed by atoms with Gasteiger partial charge in [0.05, 0.1) is 28.9 Å². The van der Waals surface area contributed by atoms with Crippen LogP contribution >= 0.6 is 0 Å². The fourth-order valence-corrected chi connectivity index (χ4v) is 4.20. The number of rotatable bonds is 2. The largest absolute Gasteiger partial charge is 0.311 e. The first-order chi connectivity index (χ1) is 8.48. The molecule has 6 heteroatoms. The average Bonchev–Trinajstić information content (AvgIpc) is 2.65. The minimum absolute atomic E-state index is 0.0520. The summed E-state index contributed by atoms with van der Waals surface area (Å²) in [6.45, 7) is 6.09. The Morgan fingerprint density at radius 1 is 1.39 bits per heavy atom. The first kappa shape index (κ1) is 12.2. The molecule has 0 bridgehead atoms. The van der Waals surface area contributed by atoms with Crippen LogP contribution in [0.4, 0.5) is 0 Å². The van der Waals surface area contributed by atoms with E-state index in [-0.39, 0.29) is 17.5 Å². The Kier molecular flexibility index (Phi) is 2.75. The lowest BCUT2D eigenvalue weighted by atomic mass is 9.99. The van der Waals surface area contributed by atoms with Crippen molar-refractivity contribution in [3.63, 3.8) is 0 Å². The molecule has 100 valence electrons. The number of fused-ring (bicyclic) bond motifs is 1. The van der Waals surface area contributed by atoms with Crippen molar-refractivity contribution >= 4 is 9.84 Å². The second-order valence-electron chi connectivity index (χ2n) is 5.57. The zero-order valence-corrected chi connectivity index (χ0v) is 11.6. The molecule has 0 saturated carbocycles. The van der Waals surface area contributed by atoms with Gasteiger partial charge in [-0.05, 0) is 24.4 Å². The van der Waals surface area contributed by atoms with E-state index < -0.39 is 9.84 Å². The van der Waals surface area contributed by atoms with Gasteiger partial charge in [0, 0.05) is 6.54 Å². The highest BCUT2D eigenvalue weighted by Gasteiger charge is 2.38. The highest BCUT2D eigenvalue weighted by molar-refractivity contribution is 7.92. The van der Waals surface area contributed by atoms with Gasteiger partial charge in [0.1, 0.15) is 0 Å². The molecule has 1 aromatic heterocycles. The molecule has 0 unspecified atom stereocenters. The smallest absolute Gasteiger partial charge is 0.154 e. The summed E-state index contributed by atoms with van der Waals surface area (Å²) < 4.78 is 24.6. The van der Waals surface area contributed by atoms with Crippen LogP contribution in [-0.2, 0) is 22.8 Å². The third-order valence-electron chi connectivity index (χ3n) is 3.78. The van der Waals surface area contributed by atoms with Crippen molar-refractivity contribution in [3.05, 3.63) is 17.0 Å². The maximum atomic E-state index is 11.3. The number of aromatic nitrogens is 2. The van der Waals surface area contributed by atoms with Gasteiger partial charge in [0.2, 0.25) is 0 Å². The van der Waals surface area contributed by atoms with Gasteiger partial charge in [-0.25, -0.2) is 8.42 Å². The van der Waals surface area contributed by atoms with Gasteiger partial charge in [0.15, 0.2) is 9.84 Å². The summed E-state index contributed by atoms with van der Waals surface area (Å²) in [5.41, 5.74) is 3.69. The predicted molar refractivity (Wildman–Crippen MR) is 69.4 cm³/mol. The topological polar surface area (TPSA) is 64.0 Å². The minimum atomic E-state index is -2.80. The summed E-state index contributed by atoms with van der Waals surface area (Å²) in [7, 11) is -2.80. The number of hydrogen-bond donors (Lipinski definition) is 1. The van der Waals surface area contributed by atoms with Gasteiger partial charge in [-0.1, -0.05) is 13.8 Å². The fourth-order valence-electron chi connectivity index (χ4n) is 2.85. The van der Waals surface area contributed by atoms with Gasteiger partial charge in [-0.15, -0.1) is 0 Å². The Bertz CT molecular complexity index is 562. The first-order valence-corrected chi connectivity index (χ1v) is 8.31. The Hall–Kier alpha value is -0.880. The lowest BCUT2D eigenvalue weighted by Gasteiger charge is -2.28. The lowest BCUT2D eigenvalue weighted by molar-refractivity contribution is 0.446. The van der Waals surface area contributed by atoms with E-state index in [0.717, 1.165) is 25.2 Å². The quantitative estimate of drug-likeness (QED) is 0.855. The van der Waals surface area contributed by atoms with Gasteiger partial charge in [0.25, 0.3) is 0 Å². The van der Waals surface area contributed by atoms with Crippen LogP contribution < -0.4 is 5.32 Å². The van der Waals surface area contributed by atoms with Crippen LogP contribution in [0.2, 0.25) is 0 Å². The van der Waals surface area contributed by atoms with Crippen LogP contribution in [0.25, 0.3) is 0 Å². The van der Waals surface area contributed by atoms with Crippen molar-refractivity contribution in [2.75, 3.05) is 18.1 Å². The second kappa shape index (κ2) is 4.06. The van der Waals surface area contributed by atoms with Crippen LogP contribution in [-0.4, -0.2) is 36.2 Å². The summed E-state index contributed by atoms with van der Waals surface area (Å²) in [5.74, 6) is 0.895. The third kappa shape index (κ3) is 1.87. The van der Waals surface area contributed by atoms with Crippen molar-refractivity contribution < 1.29 is 8.42 Å². The molecule has 0 atom stereocenters. The zero-order chi connectivity index (χ0) is 12.9. The zero-order valence-electron chi connectivity index (χ0n) is 10.8. The molecule has 1 aromatic rings. The van der Waals surface area contributed by atoms with Gasteiger partial charge in [-0.2, -0.15) is 5.10 Å².